The number of aromatic nitrogens is 3. The Kier molecular flexibility index (Phi) is 11.7. The molecule has 0 amide bonds. The zero-order valence-corrected chi connectivity index (χ0v) is 28.7. The van der Waals surface area contributed by atoms with E-state index in [0.29, 0.717) is 34.8 Å². The first kappa shape index (κ1) is 37.4. The number of rotatable bonds is 8. The monoisotopic (exact) mass is 723 g/mol. The van der Waals surface area contributed by atoms with Gasteiger partial charge < -0.3 is 15.2 Å². The number of nitroso groups, excluding NO2 is 1. The normalized spacial score (nSPS) is 18.8. The summed E-state index contributed by atoms with van der Waals surface area (Å²) in [6.07, 6.45) is -6.53. The summed E-state index contributed by atoms with van der Waals surface area (Å²) in [5, 5.41) is 19.8. The second kappa shape index (κ2) is 15.6. The van der Waals surface area contributed by atoms with E-state index < -0.39 is 24.8 Å². The van der Waals surface area contributed by atoms with Gasteiger partial charge in [-0.15, -0.1) is 11.3 Å². The summed E-state index contributed by atoms with van der Waals surface area (Å²) in [7, 11) is 1.19. The van der Waals surface area contributed by atoms with Crippen molar-refractivity contribution in [3.8, 4) is 6.07 Å². The third-order valence-electron chi connectivity index (χ3n) is 9.33. The highest BCUT2D eigenvalue weighted by atomic mass is 32.1. The molecular weight excluding hydrogens is 684 g/mol. The number of hydrogen-bond acceptors (Lipinski definition) is 10. The number of nitrogens with zero attached hydrogens (tertiary/aromatic N) is 7. The largest absolute Gasteiger partial charge is 0.405 e. The molecule has 0 aliphatic carbocycles. The molecule has 5 heterocycles. The van der Waals surface area contributed by atoms with Crippen molar-refractivity contribution in [2.45, 2.75) is 76.7 Å². The maximum Gasteiger partial charge on any atom is 0.405 e. The average Bonchev–Trinajstić information content (AvgIpc) is 3.63. The molecule has 2 aliphatic rings. The first-order valence-corrected chi connectivity index (χ1v) is 17.1. The standard InChI is InChI=1S/C32H36F6N8S.CH3NO/c1-19(45-10-7-40-28(17-45)32(36,37)38)15-46-23(14-39)11-25-20(2)21(3-4-27(25)46)16-44-8-5-22(6-9-44)43-29-26-12-24(13-31(33,34)35)47-30(26)42-18-41-29;1-2-3/h3-4,11-12,18-19,22,28,40H,5-10,13,15-17H2,1-2H3,(H,41,42,43);1H3. The average molecular weight is 724 g/mol. The molecule has 0 bridgehead atoms. The minimum atomic E-state index is -4.31. The number of hydrogen-bond donors (Lipinski definition) is 2. The van der Waals surface area contributed by atoms with Gasteiger partial charge in [0.1, 0.15) is 34.8 Å². The number of likely N-dealkylation sites (tertiary alicyclic amines) is 1. The molecule has 0 radical (unpaired) electrons. The number of alkyl halides is 6. The third-order valence-corrected chi connectivity index (χ3v) is 10.4. The predicted octanol–water partition coefficient (Wildman–Crippen LogP) is 6.61. The fraction of sp³-hybridized carbons (Fsp3) is 0.545. The van der Waals surface area contributed by atoms with Crippen LogP contribution in [0.4, 0.5) is 32.2 Å². The van der Waals surface area contributed by atoms with Crippen LogP contribution in [0.5, 0.6) is 0 Å². The van der Waals surface area contributed by atoms with E-state index >= 15 is 0 Å². The lowest BCUT2D eigenvalue weighted by atomic mass is 10.0. The van der Waals surface area contributed by atoms with Crippen molar-refractivity contribution in [2.75, 3.05) is 45.1 Å². The number of nitriles is 1. The van der Waals surface area contributed by atoms with E-state index in [4.69, 9.17) is 4.91 Å². The maximum atomic E-state index is 13.4. The highest BCUT2D eigenvalue weighted by molar-refractivity contribution is 7.18. The third kappa shape index (κ3) is 8.89. The lowest BCUT2D eigenvalue weighted by Crippen LogP contribution is -2.59. The number of fused-ring (bicyclic) bond motifs is 2. The van der Waals surface area contributed by atoms with Crippen LogP contribution >= 0.6 is 11.3 Å². The Bertz CT molecular complexity index is 1820. The van der Waals surface area contributed by atoms with Crippen LogP contribution in [0.3, 0.4) is 0 Å². The molecule has 1 aromatic carbocycles. The molecule has 6 rings (SSSR count). The van der Waals surface area contributed by atoms with Gasteiger partial charge in [0.05, 0.1) is 18.9 Å². The predicted molar refractivity (Wildman–Crippen MR) is 181 cm³/mol. The number of anilines is 1. The molecule has 50 heavy (non-hydrogen) atoms. The molecule has 2 atom stereocenters. The van der Waals surface area contributed by atoms with Crippen molar-refractivity contribution in [1.82, 2.24) is 29.7 Å². The molecule has 270 valence electrons. The van der Waals surface area contributed by atoms with Crippen molar-refractivity contribution in [2.24, 2.45) is 5.18 Å². The fourth-order valence-corrected chi connectivity index (χ4v) is 7.76. The molecule has 2 unspecified atom stereocenters. The van der Waals surface area contributed by atoms with Crippen molar-refractivity contribution in [3.63, 3.8) is 0 Å². The second-order valence-corrected chi connectivity index (χ2v) is 13.9. The number of halogens is 6. The topological polar surface area (TPSA) is 114 Å². The van der Waals surface area contributed by atoms with E-state index in [1.807, 2.05) is 35.4 Å². The van der Waals surface area contributed by atoms with Crippen molar-refractivity contribution in [3.05, 3.63) is 57.2 Å². The Morgan fingerprint density at radius 3 is 2.50 bits per heavy atom. The summed E-state index contributed by atoms with van der Waals surface area (Å²) in [6.45, 7) is 7.35. The van der Waals surface area contributed by atoms with Crippen molar-refractivity contribution in [1.29, 1.82) is 5.26 Å². The molecule has 2 N–H and O–H groups in total. The van der Waals surface area contributed by atoms with Gasteiger partial charge in [-0.25, -0.2) is 9.97 Å². The molecule has 2 saturated heterocycles. The Morgan fingerprint density at radius 1 is 1.12 bits per heavy atom. The van der Waals surface area contributed by atoms with Gasteiger partial charge in [0, 0.05) is 73.7 Å². The second-order valence-electron chi connectivity index (χ2n) is 12.7. The minimum absolute atomic E-state index is 0.121. The molecule has 2 fully saturated rings. The Hall–Kier alpha value is -3.85. The van der Waals surface area contributed by atoms with Crippen molar-refractivity contribution < 1.29 is 26.3 Å². The molecule has 10 nitrogen and oxygen atoms in total. The quantitative estimate of drug-likeness (QED) is 0.154. The van der Waals surface area contributed by atoms with Gasteiger partial charge in [0.2, 0.25) is 0 Å². The summed E-state index contributed by atoms with van der Waals surface area (Å²) in [5.74, 6) is 0.559. The van der Waals surface area contributed by atoms with Crippen molar-refractivity contribution >= 4 is 38.3 Å². The summed E-state index contributed by atoms with van der Waals surface area (Å²) in [5.41, 5.74) is 3.58. The van der Waals surface area contributed by atoms with Gasteiger partial charge in [-0.1, -0.05) is 11.2 Å². The van der Waals surface area contributed by atoms with Crippen LogP contribution < -0.4 is 10.6 Å². The summed E-state index contributed by atoms with van der Waals surface area (Å²) < 4.78 is 80.8. The van der Waals surface area contributed by atoms with Crippen LogP contribution in [0.1, 0.15) is 41.5 Å². The highest BCUT2D eigenvalue weighted by Gasteiger charge is 2.42. The molecule has 0 spiro atoms. The fourth-order valence-electron chi connectivity index (χ4n) is 6.73. The van der Waals surface area contributed by atoms with Gasteiger partial charge in [-0.05, 0) is 56.0 Å². The first-order valence-electron chi connectivity index (χ1n) is 16.3. The van der Waals surface area contributed by atoms with E-state index in [2.05, 4.69) is 42.8 Å². The van der Waals surface area contributed by atoms with Gasteiger partial charge in [-0.2, -0.15) is 36.5 Å². The van der Waals surface area contributed by atoms with Crippen LogP contribution in [-0.2, 0) is 19.5 Å². The first-order chi connectivity index (χ1) is 23.7. The molecule has 4 aromatic rings. The number of benzene rings is 1. The minimum Gasteiger partial charge on any atom is -0.367 e. The smallest absolute Gasteiger partial charge is 0.367 e. The van der Waals surface area contributed by atoms with E-state index in [9.17, 15) is 31.6 Å². The SMILES string of the molecule is CN=O.Cc1c(CN2CCC(Nc3ncnc4sc(CC(F)(F)F)cc34)CC2)ccc2c1cc(C#N)n2CC(C)N1CCNC(C(F)(F)F)C1. The highest BCUT2D eigenvalue weighted by Crippen LogP contribution is 2.34. The zero-order valence-electron chi connectivity index (χ0n) is 27.9. The molecule has 17 heteroatoms. The molecular formula is C33H39F6N9OS. The summed E-state index contributed by atoms with van der Waals surface area (Å²) in [4.78, 5) is 22.0. The van der Waals surface area contributed by atoms with Gasteiger partial charge in [0.15, 0.2) is 0 Å². The molecule has 3 aromatic heterocycles. The van der Waals surface area contributed by atoms with Crippen LogP contribution in [-0.4, -0.2) is 94.6 Å². The van der Waals surface area contributed by atoms with Crippen LogP contribution in [0.2, 0.25) is 0 Å². The number of piperazine rings is 1. The van der Waals surface area contributed by atoms with Crippen LogP contribution in [0.15, 0.2) is 35.8 Å². The number of nitrogens with one attached hydrogen (secondary N) is 2. The maximum absolute atomic E-state index is 13.4. The summed E-state index contributed by atoms with van der Waals surface area (Å²) in [6, 6.07) is 8.12. The van der Waals surface area contributed by atoms with E-state index in [0.717, 1.165) is 65.8 Å². The lowest BCUT2D eigenvalue weighted by molar-refractivity contribution is -0.166. The van der Waals surface area contributed by atoms with E-state index in [-0.39, 0.29) is 30.1 Å². The Balaban J connectivity index is 0.00000156. The Labute approximate surface area is 289 Å². The number of piperidine rings is 1. The number of aryl methyl sites for hydroxylation is 1. The zero-order chi connectivity index (χ0) is 36.2. The van der Waals surface area contributed by atoms with E-state index in [1.165, 1.54) is 19.4 Å². The molecule has 2 aliphatic heterocycles. The van der Waals surface area contributed by atoms with Crippen LogP contribution in [0.25, 0.3) is 21.1 Å². The van der Waals surface area contributed by atoms with Gasteiger partial charge in [0.25, 0.3) is 0 Å². The molecule has 0 saturated carbocycles. The number of thiophene rings is 1. The Morgan fingerprint density at radius 2 is 1.84 bits per heavy atom. The van der Waals surface area contributed by atoms with Gasteiger partial charge >= 0.3 is 12.4 Å². The lowest BCUT2D eigenvalue weighted by Gasteiger charge is -2.38. The van der Waals surface area contributed by atoms with Gasteiger partial charge in [-0.3, -0.25) is 9.80 Å². The van der Waals surface area contributed by atoms with Crippen LogP contribution in [0, 0.1) is 23.2 Å². The van der Waals surface area contributed by atoms with E-state index in [1.54, 1.807) is 0 Å². The summed E-state index contributed by atoms with van der Waals surface area (Å²) >= 11 is 1.04.